The summed E-state index contributed by atoms with van der Waals surface area (Å²) in [5.41, 5.74) is 0.453. The van der Waals surface area contributed by atoms with Crippen LogP contribution in [-0.4, -0.2) is 61.7 Å². The van der Waals surface area contributed by atoms with E-state index in [0.717, 1.165) is 6.42 Å². The molecule has 1 aliphatic carbocycles. The highest BCUT2D eigenvalue weighted by Gasteiger charge is 2.56. The van der Waals surface area contributed by atoms with E-state index in [1.807, 2.05) is 0 Å². The monoisotopic (exact) mass is 513 g/mol. The third kappa shape index (κ3) is 3.92. The average molecular weight is 514 g/mol. The van der Waals surface area contributed by atoms with Crippen molar-refractivity contribution in [3.8, 4) is 5.75 Å². The van der Waals surface area contributed by atoms with Gasteiger partial charge in [-0.2, -0.15) is 5.10 Å². The molecular formula is C22H20BrN5O5. The van der Waals surface area contributed by atoms with Gasteiger partial charge in [-0.1, -0.05) is 18.2 Å². The van der Waals surface area contributed by atoms with Gasteiger partial charge >= 0.3 is 5.97 Å². The van der Waals surface area contributed by atoms with Gasteiger partial charge in [0.2, 0.25) is 11.8 Å². The number of ether oxygens (including phenoxy) is 1. The molecule has 0 bridgehead atoms. The molecule has 2 fully saturated rings. The molecule has 2 amide bonds. The van der Waals surface area contributed by atoms with Crippen LogP contribution in [0.4, 0.5) is 5.82 Å². The third-order valence-corrected chi connectivity index (χ3v) is 6.50. The molecule has 10 nitrogen and oxygen atoms in total. The van der Waals surface area contributed by atoms with E-state index in [9.17, 15) is 19.5 Å². The Morgan fingerprint density at radius 1 is 1.24 bits per heavy atom. The van der Waals surface area contributed by atoms with E-state index in [4.69, 9.17) is 4.74 Å². The number of anilines is 1. The number of carboxylic acid groups (broad SMARTS) is 1. The molecule has 1 saturated heterocycles. The fourth-order valence-electron chi connectivity index (χ4n) is 4.53. The van der Waals surface area contributed by atoms with Crippen LogP contribution in [0.25, 0.3) is 10.9 Å². The first-order chi connectivity index (χ1) is 15.9. The molecule has 3 aromatic rings. The summed E-state index contributed by atoms with van der Waals surface area (Å²) in [5.74, 6) is -0.601. The van der Waals surface area contributed by atoms with Crippen molar-refractivity contribution >= 4 is 50.4 Å². The Bertz CT molecular complexity index is 1290. The molecule has 1 aliphatic heterocycles. The lowest BCUT2D eigenvalue weighted by Gasteiger charge is -2.27. The summed E-state index contributed by atoms with van der Waals surface area (Å²) < 4.78 is 7.12. The quantitative estimate of drug-likeness (QED) is 0.484. The number of piperidine rings is 1. The van der Waals surface area contributed by atoms with E-state index >= 15 is 0 Å². The van der Waals surface area contributed by atoms with Crippen molar-refractivity contribution in [2.45, 2.75) is 31.5 Å². The van der Waals surface area contributed by atoms with Crippen molar-refractivity contribution in [1.82, 2.24) is 19.7 Å². The Balaban J connectivity index is 1.37. The highest BCUT2D eigenvalue weighted by atomic mass is 79.9. The fourth-order valence-corrected chi connectivity index (χ4v) is 4.95. The van der Waals surface area contributed by atoms with Gasteiger partial charge in [-0.05, 0) is 40.8 Å². The van der Waals surface area contributed by atoms with Crippen LogP contribution in [0, 0.1) is 5.92 Å². The van der Waals surface area contributed by atoms with Crippen LogP contribution < -0.4 is 10.1 Å². The number of hydrogen-bond donors (Lipinski definition) is 2. The normalized spacial score (nSPS) is 21.0. The number of benzene rings is 1. The summed E-state index contributed by atoms with van der Waals surface area (Å²) in [6.45, 7) is -0.149. The minimum Gasteiger partial charge on any atom is -0.497 e. The summed E-state index contributed by atoms with van der Waals surface area (Å²) in [5, 5.41) is 16.9. The standard InChI is InChI=1S/C22H20BrN5O5/c1-33-12-8-17(23)24-18(9-12)25-21(30)16-7-11-6-15(11)28(16)19(29)10-27-14-5-3-2-4-13(14)20(26-27)22(31)32/h2-5,8-9,11,15-16H,6-7,10H2,1H3,(H,31,32)(H,24,25,30)/t11-,15-,16+/m1/s1. The molecule has 2 aromatic heterocycles. The second kappa shape index (κ2) is 8.14. The van der Waals surface area contributed by atoms with E-state index in [2.05, 4.69) is 31.3 Å². The predicted octanol–water partition coefficient (Wildman–Crippen LogP) is 2.53. The van der Waals surface area contributed by atoms with Gasteiger partial charge in [0.15, 0.2) is 5.69 Å². The molecule has 1 saturated carbocycles. The Hall–Kier alpha value is -3.47. The highest BCUT2D eigenvalue weighted by molar-refractivity contribution is 9.10. The van der Waals surface area contributed by atoms with E-state index in [1.54, 1.807) is 41.3 Å². The maximum absolute atomic E-state index is 13.3. The van der Waals surface area contributed by atoms with Crippen LogP contribution in [-0.2, 0) is 16.1 Å². The minimum absolute atomic E-state index is 0.0130. The number of para-hydroxylation sites is 1. The Morgan fingerprint density at radius 3 is 2.79 bits per heavy atom. The molecule has 2 aliphatic rings. The van der Waals surface area contributed by atoms with Gasteiger partial charge in [0.05, 0.1) is 12.6 Å². The maximum atomic E-state index is 13.3. The number of rotatable bonds is 6. The minimum atomic E-state index is -1.16. The molecule has 0 spiro atoms. The van der Waals surface area contributed by atoms with E-state index in [-0.39, 0.29) is 30.1 Å². The molecule has 11 heteroatoms. The Labute approximate surface area is 196 Å². The first kappa shape index (κ1) is 21.4. The van der Waals surface area contributed by atoms with Crippen molar-refractivity contribution in [3.05, 3.63) is 46.7 Å². The average Bonchev–Trinajstić information content (AvgIpc) is 3.28. The number of aromatic nitrogens is 3. The molecule has 1 aromatic carbocycles. The van der Waals surface area contributed by atoms with Gasteiger partial charge in [0.25, 0.3) is 0 Å². The zero-order valence-electron chi connectivity index (χ0n) is 17.6. The topological polar surface area (TPSA) is 127 Å². The predicted molar refractivity (Wildman–Crippen MR) is 121 cm³/mol. The summed E-state index contributed by atoms with van der Waals surface area (Å²) in [4.78, 5) is 43.8. The molecule has 5 rings (SSSR count). The summed E-state index contributed by atoms with van der Waals surface area (Å²) in [6, 6.07) is 9.54. The number of fused-ring (bicyclic) bond motifs is 2. The van der Waals surface area contributed by atoms with Gasteiger partial charge in [0, 0.05) is 23.6 Å². The second-order valence-electron chi connectivity index (χ2n) is 8.15. The lowest BCUT2D eigenvalue weighted by atomic mass is 10.1. The van der Waals surface area contributed by atoms with Crippen molar-refractivity contribution in [3.63, 3.8) is 0 Å². The molecule has 33 heavy (non-hydrogen) atoms. The first-order valence-corrected chi connectivity index (χ1v) is 11.2. The number of carbonyl (C=O) groups is 3. The number of halogens is 1. The van der Waals surface area contributed by atoms with Crippen LogP contribution in [0.2, 0.25) is 0 Å². The smallest absolute Gasteiger partial charge is 0.357 e. The number of aromatic carboxylic acids is 1. The largest absolute Gasteiger partial charge is 0.497 e. The number of methoxy groups -OCH3 is 1. The Morgan fingerprint density at radius 2 is 2.03 bits per heavy atom. The molecule has 0 unspecified atom stereocenters. The first-order valence-electron chi connectivity index (χ1n) is 10.4. The molecule has 0 radical (unpaired) electrons. The molecule has 3 heterocycles. The summed E-state index contributed by atoms with van der Waals surface area (Å²) >= 11 is 3.29. The number of nitrogens with zero attached hydrogens (tertiary/aromatic N) is 4. The van der Waals surface area contributed by atoms with Gasteiger partial charge in [-0.25, -0.2) is 9.78 Å². The van der Waals surface area contributed by atoms with E-state index < -0.39 is 12.0 Å². The van der Waals surface area contributed by atoms with E-state index in [0.29, 0.717) is 39.4 Å². The van der Waals surface area contributed by atoms with Crippen LogP contribution in [0.15, 0.2) is 41.0 Å². The van der Waals surface area contributed by atoms with Crippen LogP contribution in [0.5, 0.6) is 5.75 Å². The number of carboxylic acids is 1. The lowest BCUT2D eigenvalue weighted by Crippen LogP contribution is -2.46. The van der Waals surface area contributed by atoms with Gasteiger partial charge in [0.1, 0.15) is 28.8 Å². The number of carbonyl (C=O) groups excluding carboxylic acids is 2. The van der Waals surface area contributed by atoms with Crippen molar-refractivity contribution in [2.75, 3.05) is 12.4 Å². The van der Waals surface area contributed by atoms with Crippen LogP contribution in [0.1, 0.15) is 23.3 Å². The number of nitrogens with one attached hydrogen (secondary N) is 1. The molecular weight excluding hydrogens is 494 g/mol. The number of hydrogen-bond acceptors (Lipinski definition) is 6. The zero-order chi connectivity index (χ0) is 23.3. The second-order valence-corrected chi connectivity index (χ2v) is 8.96. The molecule has 2 N–H and O–H groups in total. The van der Waals surface area contributed by atoms with E-state index in [1.165, 1.54) is 11.8 Å². The lowest BCUT2D eigenvalue weighted by molar-refractivity contribution is -0.138. The van der Waals surface area contributed by atoms with Crippen LogP contribution >= 0.6 is 15.9 Å². The Kier molecular flexibility index (Phi) is 5.28. The number of pyridine rings is 1. The number of amides is 2. The van der Waals surface area contributed by atoms with Crippen molar-refractivity contribution < 1.29 is 24.2 Å². The van der Waals surface area contributed by atoms with Crippen molar-refractivity contribution in [1.29, 1.82) is 0 Å². The van der Waals surface area contributed by atoms with Gasteiger partial charge in [-0.15, -0.1) is 0 Å². The third-order valence-electron chi connectivity index (χ3n) is 6.10. The fraction of sp³-hybridized carbons (Fsp3) is 0.318. The zero-order valence-corrected chi connectivity index (χ0v) is 19.2. The van der Waals surface area contributed by atoms with Crippen LogP contribution in [0.3, 0.4) is 0 Å². The van der Waals surface area contributed by atoms with Gasteiger partial charge in [-0.3, -0.25) is 14.3 Å². The summed E-state index contributed by atoms with van der Waals surface area (Å²) in [7, 11) is 1.52. The molecule has 170 valence electrons. The summed E-state index contributed by atoms with van der Waals surface area (Å²) in [6.07, 6.45) is 1.44. The highest BCUT2D eigenvalue weighted by Crippen LogP contribution is 2.48. The maximum Gasteiger partial charge on any atom is 0.357 e. The number of likely N-dealkylation sites (tertiary alicyclic amines) is 1. The van der Waals surface area contributed by atoms with Gasteiger partial charge < -0.3 is 20.1 Å². The SMILES string of the molecule is COc1cc(Br)nc(NC(=O)[C@@H]2C[C@H]3C[C@H]3N2C(=O)Cn2nc(C(=O)O)c3ccccc32)c1. The van der Waals surface area contributed by atoms with Crippen molar-refractivity contribution in [2.24, 2.45) is 5.92 Å². The molecule has 3 atom stereocenters.